The maximum Gasteiger partial charge on any atom is 0.270 e. The van der Waals surface area contributed by atoms with E-state index in [1.54, 1.807) is 6.07 Å². The minimum absolute atomic E-state index is 0.0358. The van der Waals surface area contributed by atoms with Crippen LogP contribution in [-0.2, 0) is 16.6 Å². The molecule has 2 rings (SSSR count). The van der Waals surface area contributed by atoms with Gasteiger partial charge < -0.3 is 5.32 Å². The van der Waals surface area contributed by atoms with Crippen molar-refractivity contribution in [3.05, 3.63) is 55.9 Å². The smallest absolute Gasteiger partial charge is 0.270 e. The van der Waals surface area contributed by atoms with E-state index in [0.717, 1.165) is 17.4 Å². The number of sulfonamides is 1. The lowest BCUT2D eigenvalue weighted by Gasteiger charge is -2.05. The van der Waals surface area contributed by atoms with Gasteiger partial charge in [-0.05, 0) is 25.2 Å². The molecule has 0 aliphatic carbocycles. The van der Waals surface area contributed by atoms with E-state index < -0.39 is 20.9 Å². The number of carbonyl (C=O) groups is 1. The molecule has 1 amide bonds. The standard InChI is InChI=1S/C13H12ClN3O5S2/c1-15-24(21,22)12-5-3-9(23-12)7-16-13(18)10-4-2-8(17(19)20)6-11(10)14/h2-6,15H,7H2,1H3,(H,16,18). The number of nitrogens with zero attached hydrogens (tertiary/aromatic N) is 1. The van der Waals surface area contributed by atoms with Gasteiger partial charge in [-0.25, -0.2) is 13.1 Å². The molecule has 128 valence electrons. The van der Waals surface area contributed by atoms with Crippen molar-refractivity contribution in [2.75, 3.05) is 7.05 Å². The summed E-state index contributed by atoms with van der Waals surface area (Å²) in [6.45, 7) is 0.107. The number of nitro groups is 1. The van der Waals surface area contributed by atoms with Crippen molar-refractivity contribution in [3.63, 3.8) is 0 Å². The Morgan fingerprint density at radius 3 is 2.62 bits per heavy atom. The van der Waals surface area contributed by atoms with Crippen LogP contribution >= 0.6 is 22.9 Å². The first-order chi connectivity index (χ1) is 11.2. The molecule has 1 aromatic heterocycles. The molecule has 0 spiro atoms. The molecule has 0 unspecified atom stereocenters. The fourth-order valence-electron chi connectivity index (χ4n) is 1.76. The Balaban J connectivity index is 2.08. The van der Waals surface area contributed by atoms with Crippen LogP contribution in [0, 0.1) is 10.1 Å². The molecule has 2 aromatic rings. The second-order valence-corrected chi connectivity index (χ2v) is 8.22. The molecule has 24 heavy (non-hydrogen) atoms. The van der Waals surface area contributed by atoms with E-state index in [1.165, 1.54) is 25.2 Å². The van der Waals surface area contributed by atoms with Gasteiger partial charge in [0.1, 0.15) is 4.21 Å². The number of nitrogens with one attached hydrogen (secondary N) is 2. The van der Waals surface area contributed by atoms with Gasteiger partial charge in [0.2, 0.25) is 10.0 Å². The van der Waals surface area contributed by atoms with Gasteiger partial charge >= 0.3 is 0 Å². The number of non-ortho nitro benzene ring substituents is 1. The third-order valence-corrected chi connectivity index (χ3v) is 6.31. The lowest BCUT2D eigenvalue weighted by molar-refractivity contribution is -0.384. The van der Waals surface area contributed by atoms with E-state index in [1.807, 2.05) is 0 Å². The molecule has 0 bridgehead atoms. The number of amides is 1. The van der Waals surface area contributed by atoms with Gasteiger partial charge in [-0.1, -0.05) is 11.6 Å². The zero-order valence-corrected chi connectivity index (χ0v) is 14.7. The summed E-state index contributed by atoms with van der Waals surface area (Å²) in [6.07, 6.45) is 0. The molecular weight excluding hydrogens is 378 g/mol. The van der Waals surface area contributed by atoms with Crippen molar-refractivity contribution in [1.82, 2.24) is 10.0 Å². The maximum absolute atomic E-state index is 12.1. The van der Waals surface area contributed by atoms with Crippen molar-refractivity contribution in [1.29, 1.82) is 0 Å². The van der Waals surface area contributed by atoms with Crippen LogP contribution in [0.2, 0.25) is 5.02 Å². The average molecular weight is 390 g/mol. The van der Waals surface area contributed by atoms with Crippen LogP contribution in [0.25, 0.3) is 0 Å². The largest absolute Gasteiger partial charge is 0.347 e. The summed E-state index contributed by atoms with van der Waals surface area (Å²) in [6, 6.07) is 6.58. The maximum atomic E-state index is 12.1. The number of carbonyl (C=O) groups excluding carboxylic acids is 1. The Morgan fingerprint density at radius 1 is 1.33 bits per heavy atom. The van der Waals surface area contributed by atoms with Gasteiger partial charge in [-0.3, -0.25) is 14.9 Å². The number of hydrogen-bond acceptors (Lipinski definition) is 6. The zero-order chi connectivity index (χ0) is 17.9. The molecule has 0 fully saturated rings. The van der Waals surface area contributed by atoms with E-state index >= 15 is 0 Å². The minimum atomic E-state index is -3.52. The van der Waals surface area contributed by atoms with Crippen LogP contribution in [0.3, 0.4) is 0 Å². The average Bonchev–Trinajstić information content (AvgIpc) is 3.02. The fraction of sp³-hybridized carbons (Fsp3) is 0.154. The zero-order valence-electron chi connectivity index (χ0n) is 12.3. The van der Waals surface area contributed by atoms with Crippen molar-refractivity contribution in [2.24, 2.45) is 0 Å². The summed E-state index contributed by atoms with van der Waals surface area (Å²) in [5.74, 6) is -0.513. The first kappa shape index (κ1) is 18.3. The molecule has 0 radical (unpaired) electrons. The van der Waals surface area contributed by atoms with E-state index in [0.29, 0.717) is 4.88 Å². The number of hydrogen-bond donors (Lipinski definition) is 2. The number of nitro benzene ring substituents is 1. The normalized spacial score (nSPS) is 11.2. The van der Waals surface area contributed by atoms with Gasteiger partial charge in [-0.2, -0.15) is 0 Å². The third-order valence-electron chi connectivity index (χ3n) is 3.00. The van der Waals surface area contributed by atoms with Gasteiger partial charge in [0.25, 0.3) is 11.6 Å². The molecule has 11 heteroatoms. The minimum Gasteiger partial charge on any atom is -0.347 e. The molecule has 0 aliphatic heterocycles. The van der Waals surface area contributed by atoms with Crippen molar-refractivity contribution in [3.8, 4) is 0 Å². The Kier molecular flexibility index (Phi) is 5.54. The Morgan fingerprint density at radius 2 is 2.04 bits per heavy atom. The molecule has 1 aromatic carbocycles. The molecule has 8 nitrogen and oxygen atoms in total. The predicted octanol–water partition coefficient (Wildman–Crippen LogP) is 2.15. The van der Waals surface area contributed by atoms with Crippen LogP contribution < -0.4 is 10.0 Å². The highest BCUT2D eigenvalue weighted by molar-refractivity contribution is 7.91. The Labute approximate surface area is 146 Å². The Hall–Kier alpha value is -2.01. The summed E-state index contributed by atoms with van der Waals surface area (Å²) in [4.78, 5) is 22.8. The van der Waals surface area contributed by atoms with Gasteiger partial charge in [0, 0.05) is 17.0 Å². The van der Waals surface area contributed by atoms with Crippen molar-refractivity contribution in [2.45, 2.75) is 10.8 Å². The summed E-state index contributed by atoms with van der Waals surface area (Å²) >= 11 is 6.91. The monoisotopic (exact) mass is 389 g/mol. The highest BCUT2D eigenvalue weighted by Crippen LogP contribution is 2.23. The molecule has 2 N–H and O–H groups in total. The lowest BCUT2D eigenvalue weighted by atomic mass is 10.2. The van der Waals surface area contributed by atoms with Crippen molar-refractivity contribution < 1.29 is 18.1 Å². The van der Waals surface area contributed by atoms with Crippen molar-refractivity contribution >= 4 is 44.6 Å². The Bertz CT molecular complexity index is 895. The highest BCUT2D eigenvalue weighted by atomic mass is 35.5. The third kappa shape index (κ3) is 4.09. The van der Waals surface area contributed by atoms with Gasteiger partial charge in [0.15, 0.2) is 0 Å². The van der Waals surface area contributed by atoms with Gasteiger partial charge in [0.05, 0.1) is 22.1 Å². The van der Waals surface area contributed by atoms with E-state index in [-0.39, 0.29) is 27.0 Å². The second kappa shape index (κ2) is 7.26. The quantitative estimate of drug-likeness (QED) is 0.579. The van der Waals surface area contributed by atoms with Crippen LogP contribution in [0.1, 0.15) is 15.2 Å². The highest BCUT2D eigenvalue weighted by Gasteiger charge is 2.17. The van der Waals surface area contributed by atoms with Crippen LogP contribution in [0.5, 0.6) is 0 Å². The van der Waals surface area contributed by atoms with E-state index in [2.05, 4.69) is 10.0 Å². The summed E-state index contributed by atoms with van der Waals surface area (Å²) in [5.41, 5.74) is -0.112. The van der Waals surface area contributed by atoms with Crippen LogP contribution in [0.4, 0.5) is 5.69 Å². The molecule has 1 heterocycles. The van der Waals surface area contributed by atoms with E-state index in [4.69, 9.17) is 11.6 Å². The fourth-order valence-corrected chi connectivity index (χ4v) is 4.16. The second-order valence-electron chi connectivity index (χ2n) is 4.53. The predicted molar refractivity (Wildman–Crippen MR) is 89.8 cm³/mol. The number of thiophene rings is 1. The molecular formula is C13H12ClN3O5S2. The topological polar surface area (TPSA) is 118 Å². The van der Waals surface area contributed by atoms with Crippen LogP contribution in [-0.4, -0.2) is 26.3 Å². The first-order valence-electron chi connectivity index (χ1n) is 6.49. The molecule has 0 saturated heterocycles. The summed E-state index contributed by atoms with van der Waals surface area (Å²) in [5, 5.41) is 13.2. The van der Waals surface area contributed by atoms with Crippen LogP contribution in [0.15, 0.2) is 34.5 Å². The van der Waals surface area contributed by atoms with E-state index in [9.17, 15) is 23.3 Å². The number of benzene rings is 1. The SMILES string of the molecule is CNS(=O)(=O)c1ccc(CNC(=O)c2ccc([N+](=O)[O-])cc2Cl)s1. The first-order valence-corrected chi connectivity index (χ1v) is 9.17. The lowest BCUT2D eigenvalue weighted by Crippen LogP contribution is -2.22. The molecule has 0 saturated carbocycles. The summed E-state index contributed by atoms with van der Waals surface area (Å²) < 4.78 is 25.6. The molecule has 0 aliphatic rings. The number of halogens is 1. The summed E-state index contributed by atoms with van der Waals surface area (Å²) in [7, 11) is -2.20. The number of rotatable bonds is 6. The molecule has 0 atom stereocenters. The van der Waals surface area contributed by atoms with Gasteiger partial charge in [-0.15, -0.1) is 11.3 Å².